The molecule has 1 aliphatic rings. The lowest BCUT2D eigenvalue weighted by atomic mass is 9.95. The molecule has 204 valence electrons. The Balaban J connectivity index is 1.56. The molecule has 0 aromatic heterocycles. The van der Waals surface area contributed by atoms with Gasteiger partial charge >= 0.3 is 5.97 Å². The second-order valence-electron chi connectivity index (χ2n) is 9.59. The zero-order valence-corrected chi connectivity index (χ0v) is 22.9. The van der Waals surface area contributed by atoms with Crippen molar-refractivity contribution >= 4 is 23.6 Å². The van der Waals surface area contributed by atoms with Crippen LogP contribution in [0.25, 0.3) is 6.08 Å². The number of para-hydroxylation sites is 1. The highest BCUT2D eigenvalue weighted by Gasteiger charge is 2.23. The molecule has 6 heteroatoms. The summed E-state index contributed by atoms with van der Waals surface area (Å²) < 4.78 is 10.8. The summed E-state index contributed by atoms with van der Waals surface area (Å²) in [4.78, 5) is 27.7. The van der Waals surface area contributed by atoms with Crippen LogP contribution in [0.15, 0.2) is 78.9 Å². The second-order valence-corrected chi connectivity index (χ2v) is 9.59. The first-order valence-corrected chi connectivity index (χ1v) is 13.9. The first-order chi connectivity index (χ1) is 19.1. The number of anilines is 1. The Morgan fingerprint density at radius 3 is 2.41 bits per heavy atom. The van der Waals surface area contributed by atoms with E-state index >= 15 is 0 Å². The number of carbonyl (C=O) groups excluding carboxylic acids is 2. The number of esters is 1. The quantitative estimate of drug-likeness (QED) is 0.242. The number of nitrogens with one attached hydrogen (secondary N) is 1. The van der Waals surface area contributed by atoms with Gasteiger partial charge in [-0.25, -0.2) is 4.79 Å². The smallest absolute Gasteiger partial charge is 0.330 e. The number of amides is 1. The van der Waals surface area contributed by atoms with Crippen LogP contribution in [0.3, 0.4) is 0 Å². The Morgan fingerprint density at radius 1 is 0.923 bits per heavy atom. The molecule has 1 aliphatic heterocycles. The normalized spacial score (nSPS) is 14.2. The standard InChI is InChI=1S/C33H38N2O4/c1-3-38-30-23-25(17-18-26(30)19-20-32(37)39-4-2)24-31(36)34-33(27-13-7-5-8-14-27)28-15-9-10-16-29(28)35-21-11-6-12-22-35/h5,7-10,13-20,23,33H,3-4,6,11-12,21-22,24H2,1-2H3,(H,34,36)/b20-19+. The van der Waals surface area contributed by atoms with Gasteiger partial charge in [-0.2, -0.15) is 0 Å². The fraction of sp³-hybridized carbons (Fsp3) is 0.333. The van der Waals surface area contributed by atoms with Crippen molar-refractivity contribution in [1.29, 1.82) is 0 Å². The lowest BCUT2D eigenvalue weighted by Gasteiger charge is -2.33. The van der Waals surface area contributed by atoms with E-state index in [2.05, 4.69) is 40.5 Å². The average Bonchev–Trinajstić information content (AvgIpc) is 2.97. The van der Waals surface area contributed by atoms with Crippen LogP contribution in [0.1, 0.15) is 61.4 Å². The lowest BCUT2D eigenvalue weighted by molar-refractivity contribution is -0.137. The molecule has 1 unspecified atom stereocenters. The highest BCUT2D eigenvalue weighted by molar-refractivity contribution is 5.87. The van der Waals surface area contributed by atoms with E-state index in [1.165, 1.54) is 31.0 Å². The third-order valence-corrected chi connectivity index (χ3v) is 6.81. The van der Waals surface area contributed by atoms with Crippen LogP contribution in [-0.4, -0.2) is 38.2 Å². The molecule has 1 heterocycles. The van der Waals surface area contributed by atoms with E-state index in [4.69, 9.17) is 9.47 Å². The molecule has 39 heavy (non-hydrogen) atoms. The van der Waals surface area contributed by atoms with Gasteiger partial charge in [-0.05, 0) is 62.4 Å². The number of benzene rings is 3. The minimum atomic E-state index is -0.403. The van der Waals surface area contributed by atoms with Crippen LogP contribution in [-0.2, 0) is 20.7 Å². The predicted molar refractivity (Wildman–Crippen MR) is 156 cm³/mol. The number of piperidine rings is 1. The number of rotatable bonds is 11. The van der Waals surface area contributed by atoms with Gasteiger partial charge < -0.3 is 19.7 Å². The molecule has 1 amide bonds. The van der Waals surface area contributed by atoms with Crippen molar-refractivity contribution in [2.75, 3.05) is 31.2 Å². The van der Waals surface area contributed by atoms with Gasteiger partial charge in [0.05, 0.1) is 25.7 Å². The Labute approximate surface area is 231 Å². The Kier molecular flexibility index (Phi) is 10.2. The molecule has 0 bridgehead atoms. The minimum absolute atomic E-state index is 0.0745. The van der Waals surface area contributed by atoms with Gasteiger partial charge in [0.15, 0.2) is 0 Å². The molecular formula is C33H38N2O4. The maximum atomic E-state index is 13.5. The number of hydrogen-bond acceptors (Lipinski definition) is 5. The molecule has 1 atom stereocenters. The molecular weight excluding hydrogens is 488 g/mol. The third-order valence-electron chi connectivity index (χ3n) is 6.81. The fourth-order valence-electron chi connectivity index (χ4n) is 4.99. The summed E-state index contributed by atoms with van der Waals surface area (Å²) in [6.45, 7) is 6.53. The van der Waals surface area contributed by atoms with E-state index in [0.717, 1.165) is 35.3 Å². The van der Waals surface area contributed by atoms with Crippen LogP contribution in [0.4, 0.5) is 5.69 Å². The van der Waals surface area contributed by atoms with Crippen molar-refractivity contribution in [2.24, 2.45) is 0 Å². The third kappa shape index (κ3) is 7.73. The number of hydrogen-bond donors (Lipinski definition) is 1. The van der Waals surface area contributed by atoms with Gasteiger partial charge in [0.2, 0.25) is 5.91 Å². The van der Waals surface area contributed by atoms with E-state index in [1.54, 1.807) is 13.0 Å². The van der Waals surface area contributed by atoms with Gasteiger partial charge in [-0.3, -0.25) is 4.79 Å². The summed E-state index contributed by atoms with van der Waals surface area (Å²) in [5, 5.41) is 3.32. The molecule has 0 aliphatic carbocycles. The average molecular weight is 527 g/mol. The van der Waals surface area contributed by atoms with Crippen LogP contribution < -0.4 is 15.0 Å². The number of carbonyl (C=O) groups is 2. The van der Waals surface area contributed by atoms with Gasteiger partial charge in [-0.15, -0.1) is 0 Å². The zero-order valence-electron chi connectivity index (χ0n) is 22.9. The van der Waals surface area contributed by atoms with Crippen LogP contribution in [0.2, 0.25) is 0 Å². The second kappa shape index (κ2) is 14.2. The molecule has 1 fully saturated rings. The van der Waals surface area contributed by atoms with E-state index in [0.29, 0.717) is 19.0 Å². The zero-order chi connectivity index (χ0) is 27.5. The molecule has 0 spiro atoms. The Morgan fingerprint density at radius 2 is 1.67 bits per heavy atom. The van der Waals surface area contributed by atoms with Gasteiger partial charge in [-0.1, -0.05) is 60.7 Å². The fourth-order valence-corrected chi connectivity index (χ4v) is 4.99. The van der Waals surface area contributed by atoms with Crippen molar-refractivity contribution in [3.8, 4) is 5.75 Å². The largest absolute Gasteiger partial charge is 0.493 e. The van der Waals surface area contributed by atoms with E-state index in [1.807, 2.05) is 49.4 Å². The maximum absolute atomic E-state index is 13.5. The van der Waals surface area contributed by atoms with Gasteiger partial charge in [0.1, 0.15) is 5.75 Å². The molecule has 1 saturated heterocycles. The summed E-state index contributed by atoms with van der Waals surface area (Å²) in [6.07, 6.45) is 6.90. The van der Waals surface area contributed by atoms with Crippen molar-refractivity contribution < 1.29 is 19.1 Å². The van der Waals surface area contributed by atoms with Crippen molar-refractivity contribution in [1.82, 2.24) is 5.32 Å². The SMILES string of the molecule is CCOC(=O)/C=C/c1ccc(CC(=O)NC(c2ccccc2)c2ccccc2N2CCCCC2)cc1OCC. The Hall–Kier alpha value is -4.06. The molecule has 6 nitrogen and oxygen atoms in total. The topological polar surface area (TPSA) is 67.9 Å². The lowest BCUT2D eigenvalue weighted by Crippen LogP contribution is -2.34. The van der Waals surface area contributed by atoms with Crippen LogP contribution in [0, 0.1) is 0 Å². The van der Waals surface area contributed by atoms with Crippen molar-refractivity contribution in [2.45, 2.75) is 45.6 Å². The first kappa shape index (κ1) is 28.0. The monoisotopic (exact) mass is 526 g/mol. The van der Waals surface area contributed by atoms with Gasteiger partial charge in [0, 0.05) is 36.0 Å². The summed E-state index contributed by atoms with van der Waals surface area (Å²) in [6, 6.07) is 23.9. The number of ether oxygens (including phenoxy) is 2. The molecule has 3 aromatic rings. The van der Waals surface area contributed by atoms with E-state index < -0.39 is 5.97 Å². The summed E-state index contributed by atoms with van der Waals surface area (Å²) in [5.41, 5.74) is 4.92. The van der Waals surface area contributed by atoms with Crippen LogP contribution >= 0.6 is 0 Å². The van der Waals surface area contributed by atoms with Crippen molar-refractivity contribution in [3.05, 3.63) is 101 Å². The van der Waals surface area contributed by atoms with E-state index in [-0.39, 0.29) is 18.4 Å². The maximum Gasteiger partial charge on any atom is 0.330 e. The Bertz CT molecular complexity index is 1270. The summed E-state index contributed by atoms with van der Waals surface area (Å²) in [5.74, 6) is 0.146. The first-order valence-electron chi connectivity index (χ1n) is 13.9. The van der Waals surface area contributed by atoms with E-state index in [9.17, 15) is 9.59 Å². The molecule has 0 saturated carbocycles. The van der Waals surface area contributed by atoms with Gasteiger partial charge in [0.25, 0.3) is 0 Å². The predicted octanol–water partition coefficient (Wildman–Crippen LogP) is 6.10. The molecule has 3 aromatic carbocycles. The number of nitrogens with zero attached hydrogens (tertiary/aromatic N) is 1. The minimum Gasteiger partial charge on any atom is -0.493 e. The molecule has 4 rings (SSSR count). The molecule has 1 N–H and O–H groups in total. The highest BCUT2D eigenvalue weighted by Crippen LogP contribution is 2.32. The summed E-state index contributed by atoms with van der Waals surface area (Å²) in [7, 11) is 0. The summed E-state index contributed by atoms with van der Waals surface area (Å²) >= 11 is 0. The molecule has 0 radical (unpaired) electrons. The van der Waals surface area contributed by atoms with Crippen molar-refractivity contribution in [3.63, 3.8) is 0 Å². The van der Waals surface area contributed by atoms with Crippen LogP contribution in [0.5, 0.6) is 5.75 Å². The highest BCUT2D eigenvalue weighted by atomic mass is 16.5.